The van der Waals surface area contributed by atoms with Gasteiger partial charge in [0.05, 0.1) is 25.9 Å². The second kappa shape index (κ2) is 8.50. The average Bonchev–Trinajstić information content (AvgIpc) is 2.53. The summed E-state index contributed by atoms with van der Waals surface area (Å²) in [5, 5.41) is 18.6. The predicted octanol–water partition coefficient (Wildman–Crippen LogP) is 2.83. The summed E-state index contributed by atoms with van der Waals surface area (Å²) >= 11 is 0. The molecule has 0 aliphatic heterocycles. The average molecular weight is 305 g/mol. The Hall–Kier alpha value is -1.93. The van der Waals surface area contributed by atoms with Gasteiger partial charge in [0, 0.05) is 0 Å². The van der Waals surface area contributed by atoms with Gasteiger partial charge in [-0.2, -0.15) is 5.26 Å². The van der Waals surface area contributed by atoms with Crippen molar-refractivity contribution in [2.24, 2.45) is 0 Å². The molecule has 0 heterocycles. The van der Waals surface area contributed by atoms with Crippen molar-refractivity contribution in [1.29, 1.82) is 5.26 Å². The van der Waals surface area contributed by atoms with E-state index in [1.54, 1.807) is 62.8 Å². The van der Waals surface area contributed by atoms with Crippen molar-refractivity contribution >= 4 is 41.2 Å². The van der Waals surface area contributed by atoms with Gasteiger partial charge >= 0.3 is 29.6 Å². The SMILES string of the molecule is COc1ccc(/C(C#N)=C/c2ccc(O)cc2)cc1OC.[NaH]. The maximum absolute atomic E-state index is 9.35. The Balaban J connectivity index is 0.00000242. The van der Waals surface area contributed by atoms with Crippen LogP contribution in [0.15, 0.2) is 42.5 Å². The molecule has 108 valence electrons. The Morgan fingerprint density at radius 2 is 1.68 bits per heavy atom. The molecule has 0 spiro atoms. The van der Waals surface area contributed by atoms with Crippen LogP contribution in [0.5, 0.6) is 17.2 Å². The number of allylic oxidation sites excluding steroid dienone is 1. The van der Waals surface area contributed by atoms with Crippen LogP contribution in [-0.4, -0.2) is 48.9 Å². The van der Waals surface area contributed by atoms with Crippen molar-refractivity contribution in [3.8, 4) is 23.3 Å². The Morgan fingerprint density at radius 3 is 2.23 bits per heavy atom. The van der Waals surface area contributed by atoms with Gasteiger partial charge in [-0.1, -0.05) is 12.1 Å². The summed E-state index contributed by atoms with van der Waals surface area (Å²) in [5.74, 6) is 1.38. The third-order valence-corrected chi connectivity index (χ3v) is 3.02. The summed E-state index contributed by atoms with van der Waals surface area (Å²) in [4.78, 5) is 0. The van der Waals surface area contributed by atoms with E-state index in [-0.39, 0.29) is 35.3 Å². The molecule has 22 heavy (non-hydrogen) atoms. The minimum absolute atomic E-state index is 0. The Bertz CT molecular complexity index is 703. The van der Waals surface area contributed by atoms with Crippen molar-refractivity contribution < 1.29 is 14.6 Å². The number of nitrogens with zero attached hydrogens (tertiary/aromatic N) is 1. The zero-order chi connectivity index (χ0) is 15.2. The van der Waals surface area contributed by atoms with Crippen LogP contribution in [0, 0.1) is 11.3 Å². The molecule has 0 bridgehead atoms. The molecule has 0 aliphatic rings. The number of nitriles is 1. The van der Waals surface area contributed by atoms with Crippen LogP contribution in [0.2, 0.25) is 0 Å². The predicted molar refractivity (Wildman–Crippen MR) is 88.3 cm³/mol. The van der Waals surface area contributed by atoms with Crippen LogP contribution in [-0.2, 0) is 0 Å². The van der Waals surface area contributed by atoms with Gasteiger partial charge in [0.25, 0.3) is 0 Å². The molecule has 0 amide bonds. The zero-order valence-electron chi connectivity index (χ0n) is 11.8. The van der Waals surface area contributed by atoms with E-state index >= 15 is 0 Å². The molecule has 0 saturated carbocycles. The van der Waals surface area contributed by atoms with Crippen molar-refractivity contribution in [2.45, 2.75) is 0 Å². The minimum atomic E-state index is 0. The standard InChI is InChI=1S/C17H15NO3.Na.H/c1-20-16-8-5-13(10-17(16)21-2)14(11-18)9-12-3-6-15(19)7-4-12;;/h3-10,19H,1-2H3;;/b14-9+;;. The Morgan fingerprint density at radius 1 is 1.05 bits per heavy atom. The summed E-state index contributed by atoms with van der Waals surface area (Å²) in [6, 6.07) is 14.1. The molecule has 2 rings (SSSR count). The van der Waals surface area contributed by atoms with Crippen LogP contribution in [0.3, 0.4) is 0 Å². The molecule has 0 saturated heterocycles. The first-order valence-corrected chi connectivity index (χ1v) is 6.31. The molecule has 0 aliphatic carbocycles. The first-order valence-electron chi connectivity index (χ1n) is 6.31. The number of phenolic OH excluding ortho intramolecular Hbond substituents is 1. The molecule has 0 atom stereocenters. The Kier molecular flexibility index (Phi) is 7.00. The van der Waals surface area contributed by atoms with Gasteiger partial charge in [0.1, 0.15) is 5.75 Å². The number of phenols is 1. The second-order valence-electron chi connectivity index (χ2n) is 4.33. The fourth-order valence-electron chi connectivity index (χ4n) is 1.92. The van der Waals surface area contributed by atoms with E-state index < -0.39 is 0 Å². The van der Waals surface area contributed by atoms with Gasteiger partial charge in [-0.15, -0.1) is 0 Å². The van der Waals surface area contributed by atoms with Gasteiger partial charge in [0.2, 0.25) is 0 Å². The summed E-state index contributed by atoms with van der Waals surface area (Å²) in [5.41, 5.74) is 2.07. The number of hydrogen-bond donors (Lipinski definition) is 1. The molecule has 2 aromatic carbocycles. The van der Waals surface area contributed by atoms with E-state index in [1.807, 2.05) is 0 Å². The van der Waals surface area contributed by atoms with Crippen molar-refractivity contribution in [2.75, 3.05) is 14.2 Å². The monoisotopic (exact) mass is 305 g/mol. The van der Waals surface area contributed by atoms with E-state index in [9.17, 15) is 10.4 Å². The van der Waals surface area contributed by atoms with Crippen LogP contribution in [0.25, 0.3) is 11.6 Å². The fraction of sp³-hybridized carbons (Fsp3) is 0.118. The molecule has 2 aromatic rings. The topological polar surface area (TPSA) is 62.5 Å². The molecular formula is C17H16NNaO3. The first-order chi connectivity index (χ1) is 10.2. The third kappa shape index (κ3) is 4.28. The summed E-state index contributed by atoms with van der Waals surface area (Å²) in [6.45, 7) is 0. The van der Waals surface area contributed by atoms with Crippen LogP contribution in [0.4, 0.5) is 0 Å². The quantitative estimate of drug-likeness (QED) is 0.536. The number of benzene rings is 2. The molecule has 4 nitrogen and oxygen atoms in total. The van der Waals surface area contributed by atoms with Crippen molar-refractivity contribution in [1.82, 2.24) is 0 Å². The maximum atomic E-state index is 9.35. The van der Waals surface area contributed by atoms with Gasteiger partial charge < -0.3 is 14.6 Å². The number of ether oxygens (including phenoxy) is 2. The van der Waals surface area contributed by atoms with E-state index in [4.69, 9.17) is 9.47 Å². The number of aromatic hydroxyl groups is 1. The molecule has 1 N–H and O–H groups in total. The number of hydrogen-bond acceptors (Lipinski definition) is 4. The number of rotatable bonds is 4. The molecule has 5 heteroatoms. The summed E-state index contributed by atoms with van der Waals surface area (Å²) in [7, 11) is 3.12. The van der Waals surface area contributed by atoms with Gasteiger partial charge in [-0.05, 0) is 47.5 Å². The van der Waals surface area contributed by atoms with Gasteiger partial charge in [-0.25, -0.2) is 0 Å². The van der Waals surface area contributed by atoms with Gasteiger partial charge in [-0.3, -0.25) is 0 Å². The second-order valence-corrected chi connectivity index (χ2v) is 4.33. The molecule has 0 fully saturated rings. The van der Waals surface area contributed by atoms with Crippen molar-refractivity contribution in [3.05, 3.63) is 53.6 Å². The normalized spacial score (nSPS) is 10.3. The third-order valence-electron chi connectivity index (χ3n) is 3.02. The van der Waals surface area contributed by atoms with Crippen LogP contribution in [0.1, 0.15) is 11.1 Å². The number of methoxy groups -OCH3 is 2. The summed E-state index contributed by atoms with van der Waals surface area (Å²) < 4.78 is 10.4. The first kappa shape index (κ1) is 18.1. The van der Waals surface area contributed by atoms with Crippen LogP contribution >= 0.6 is 0 Å². The van der Waals surface area contributed by atoms with E-state index in [0.717, 1.165) is 11.1 Å². The molecule has 0 radical (unpaired) electrons. The van der Waals surface area contributed by atoms with Crippen LogP contribution < -0.4 is 9.47 Å². The van der Waals surface area contributed by atoms with E-state index in [1.165, 1.54) is 0 Å². The zero-order valence-corrected chi connectivity index (χ0v) is 11.8. The molecule has 0 aromatic heterocycles. The summed E-state index contributed by atoms with van der Waals surface area (Å²) in [6.07, 6.45) is 1.75. The van der Waals surface area contributed by atoms with Gasteiger partial charge in [0.15, 0.2) is 11.5 Å². The fourth-order valence-corrected chi connectivity index (χ4v) is 1.92. The Labute approximate surface area is 151 Å². The van der Waals surface area contributed by atoms with E-state index in [0.29, 0.717) is 17.1 Å². The molecular weight excluding hydrogens is 289 g/mol. The van der Waals surface area contributed by atoms with E-state index in [2.05, 4.69) is 6.07 Å². The molecule has 0 unspecified atom stereocenters. The van der Waals surface area contributed by atoms with Crippen molar-refractivity contribution in [3.63, 3.8) is 0 Å².